The molecule has 0 spiro atoms. The molecule has 1 aromatic carbocycles. The number of nitrogens with one attached hydrogen (secondary N) is 2. The lowest BCUT2D eigenvalue weighted by molar-refractivity contribution is -0.123. The maximum absolute atomic E-state index is 12.7. The van der Waals surface area contributed by atoms with Crippen molar-refractivity contribution in [2.24, 2.45) is 5.92 Å². The molecule has 1 aromatic rings. The van der Waals surface area contributed by atoms with Gasteiger partial charge in [0.1, 0.15) is 18.4 Å². The van der Waals surface area contributed by atoms with Crippen molar-refractivity contribution in [3.63, 3.8) is 0 Å². The summed E-state index contributed by atoms with van der Waals surface area (Å²) >= 11 is 0. The molecule has 0 bridgehead atoms. The number of carbonyl (C=O) groups is 1. The fraction of sp³-hybridized carbons (Fsp3) is 0.571. The van der Waals surface area contributed by atoms with E-state index in [1.807, 2.05) is 11.1 Å². The van der Waals surface area contributed by atoms with Crippen LogP contribution in [0.4, 0.5) is 0 Å². The topological polar surface area (TPSA) is 62.8 Å². The normalized spacial score (nSPS) is 26.6. The molecule has 1 fully saturated rings. The molecule has 2 N–H and O–H groups in total. The SMILES string of the molecule is CC(C)Cc1ccc2c(c1)CC(NC(=O)C1C=C3OC(C)CCN3N1)CO2. The molecule has 6 nitrogen and oxygen atoms in total. The van der Waals surface area contributed by atoms with Crippen LogP contribution in [0.1, 0.15) is 38.3 Å². The molecule has 0 saturated carbocycles. The van der Waals surface area contributed by atoms with E-state index in [2.05, 4.69) is 49.7 Å². The molecule has 146 valence electrons. The van der Waals surface area contributed by atoms with E-state index < -0.39 is 0 Å². The Bertz CT molecular complexity index is 746. The second-order valence-electron chi connectivity index (χ2n) is 8.24. The lowest BCUT2D eigenvalue weighted by Crippen LogP contribution is -2.52. The first-order chi connectivity index (χ1) is 13.0. The van der Waals surface area contributed by atoms with Crippen molar-refractivity contribution in [3.05, 3.63) is 41.3 Å². The third kappa shape index (κ3) is 4.05. The summed E-state index contributed by atoms with van der Waals surface area (Å²) in [4.78, 5) is 12.7. The zero-order chi connectivity index (χ0) is 19.0. The summed E-state index contributed by atoms with van der Waals surface area (Å²) < 4.78 is 11.7. The summed E-state index contributed by atoms with van der Waals surface area (Å²) in [5.41, 5.74) is 5.72. The summed E-state index contributed by atoms with van der Waals surface area (Å²) in [5.74, 6) is 2.28. The number of hydrogen-bond donors (Lipinski definition) is 2. The number of ether oxygens (including phenoxy) is 2. The van der Waals surface area contributed by atoms with Crippen LogP contribution < -0.4 is 15.5 Å². The number of amides is 1. The number of hydrazine groups is 1. The fourth-order valence-electron chi connectivity index (χ4n) is 3.92. The molecule has 0 radical (unpaired) electrons. The van der Waals surface area contributed by atoms with Crippen LogP contribution in [0.5, 0.6) is 5.75 Å². The van der Waals surface area contributed by atoms with Crippen molar-refractivity contribution < 1.29 is 14.3 Å². The van der Waals surface area contributed by atoms with Crippen LogP contribution in [0, 0.1) is 5.92 Å². The minimum atomic E-state index is -0.390. The summed E-state index contributed by atoms with van der Waals surface area (Å²) in [6.45, 7) is 7.86. The van der Waals surface area contributed by atoms with Crippen LogP contribution in [0.3, 0.4) is 0 Å². The fourth-order valence-corrected chi connectivity index (χ4v) is 3.92. The second-order valence-corrected chi connectivity index (χ2v) is 8.24. The first kappa shape index (κ1) is 18.2. The van der Waals surface area contributed by atoms with Crippen LogP contribution in [0.2, 0.25) is 0 Å². The molecule has 1 amide bonds. The van der Waals surface area contributed by atoms with Crippen LogP contribution in [-0.4, -0.2) is 42.3 Å². The van der Waals surface area contributed by atoms with E-state index in [0.29, 0.717) is 12.5 Å². The molecule has 3 atom stereocenters. The van der Waals surface area contributed by atoms with Gasteiger partial charge in [0.15, 0.2) is 0 Å². The Hall–Kier alpha value is -2.21. The minimum absolute atomic E-state index is 0.0167. The molecule has 0 aliphatic carbocycles. The average Bonchev–Trinajstić information content (AvgIpc) is 3.04. The zero-order valence-corrected chi connectivity index (χ0v) is 16.3. The van der Waals surface area contributed by atoms with Gasteiger partial charge in [-0.05, 0) is 42.9 Å². The predicted octanol–water partition coefficient (Wildman–Crippen LogP) is 2.14. The van der Waals surface area contributed by atoms with Crippen molar-refractivity contribution in [2.45, 2.75) is 58.2 Å². The van der Waals surface area contributed by atoms with Crippen molar-refractivity contribution in [3.8, 4) is 5.75 Å². The number of carbonyl (C=O) groups excluding carboxylic acids is 1. The highest BCUT2D eigenvalue weighted by atomic mass is 16.5. The van der Waals surface area contributed by atoms with Gasteiger partial charge in [0, 0.05) is 19.0 Å². The standard InChI is InChI=1S/C21H29N3O3/c1-13(2)8-15-4-5-19-16(9-15)10-17(12-26-19)22-21(25)18-11-20-24(23-18)7-6-14(3)27-20/h4-5,9,11,13-14,17-18,23H,6-8,10,12H2,1-3H3,(H,22,25). The highest BCUT2D eigenvalue weighted by Crippen LogP contribution is 2.27. The van der Waals surface area contributed by atoms with Gasteiger partial charge in [-0.2, -0.15) is 0 Å². The van der Waals surface area contributed by atoms with E-state index >= 15 is 0 Å². The highest BCUT2D eigenvalue weighted by Gasteiger charge is 2.34. The summed E-state index contributed by atoms with van der Waals surface area (Å²) in [5, 5.41) is 5.06. The molecule has 4 rings (SSSR count). The van der Waals surface area contributed by atoms with Crippen LogP contribution in [0.25, 0.3) is 0 Å². The van der Waals surface area contributed by atoms with Crippen molar-refractivity contribution in [2.75, 3.05) is 13.2 Å². The third-order valence-electron chi connectivity index (χ3n) is 5.26. The van der Waals surface area contributed by atoms with Gasteiger partial charge < -0.3 is 14.8 Å². The molecule has 3 heterocycles. The number of benzene rings is 1. The van der Waals surface area contributed by atoms with Crippen molar-refractivity contribution in [1.29, 1.82) is 0 Å². The molecule has 0 aromatic heterocycles. The predicted molar refractivity (Wildman–Crippen MR) is 103 cm³/mol. The first-order valence-corrected chi connectivity index (χ1v) is 9.95. The molecule has 3 aliphatic rings. The van der Waals surface area contributed by atoms with Gasteiger partial charge in [-0.3, -0.25) is 9.80 Å². The molecule has 3 aliphatic heterocycles. The van der Waals surface area contributed by atoms with Crippen LogP contribution in [0.15, 0.2) is 30.2 Å². The minimum Gasteiger partial charge on any atom is -0.491 e. The van der Waals surface area contributed by atoms with Gasteiger partial charge >= 0.3 is 0 Å². The Kier molecular flexibility index (Phi) is 5.00. The van der Waals surface area contributed by atoms with Gasteiger partial charge in [-0.25, -0.2) is 5.43 Å². The van der Waals surface area contributed by atoms with E-state index in [9.17, 15) is 4.79 Å². The van der Waals surface area contributed by atoms with E-state index in [0.717, 1.165) is 37.4 Å². The number of nitrogens with zero attached hydrogens (tertiary/aromatic N) is 1. The molecule has 3 unspecified atom stereocenters. The smallest absolute Gasteiger partial charge is 0.243 e. The maximum atomic E-state index is 12.7. The molecular formula is C21H29N3O3. The average molecular weight is 371 g/mol. The first-order valence-electron chi connectivity index (χ1n) is 9.95. The van der Waals surface area contributed by atoms with Gasteiger partial charge in [0.2, 0.25) is 11.8 Å². The van der Waals surface area contributed by atoms with Crippen LogP contribution in [-0.2, 0) is 22.4 Å². The van der Waals surface area contributed by atoms with E-state index in [4.69, 9.17) is 9.47 Å². The highest BCUT2D eigenvalue weighted by molar-refractivity contribution is 5.84. The largest absolute Gasteiger partial charge is 0.491 e. The molecule has 27 heavy (non-hydrogen) atoms. The zero-order valence-electron chi connectivity index (χ0n) is 16.3. The second kappa shape index (κ2) is 7.43. The van der Waals surface area contributed by atoms with Crippen molar-refractivity contribution >= 4 is 5.91 Å². The quantitative estimate of drug-likeness (QED) is 0.849. The van der Waals surface area contributed by atoms with Gasteiger partial charge in [0.05, 0.1) is 12.1 Å². The van der Waals surface area contributed by atoms with E-state index in [1.165, 1.54) is 11.1 Å². The monoisotopic (exact) mass is 371 g/mol. The van der Waals surface area contributed by atoms with Crippen molar-refractivity contribution in [1.82, 2.24) is 15.8 Å². The Morgan fingerprint density at radius 2 is 2.26 bits per heavy atom. The summed E-state index contributed by atoms with van der Waals surface area (Å²) in [6.07, 6.45) is 4.86. The Morgan fingerprint density at radius 3 is 3.07 bits per heavy atom. The third-order valence-corrected chi connectivity index (χ3v) is 5.26. The van der Waals surface area contributed by atoms with E-state index in [-0.39, 0.29) is 24.1 Å². The van der Waals surface area contributed by atoms with Gasteiger partial charge in [-0.1, -0.05) is 26.0 Å². The Labute approximate surface area is 160 Å². The number of fused-ring (bicyclic) bond motifs is 2. The summed E-state index contributed by atoms with van der Waals surface area (Å²) in [6, 6.07) is 6.02. The molecule has 1 saturated heterocycles. The molecule has 6 heteroatoms. The lowest BCUT2D eigenvalue weighted by atomic mass is 9.96. The summed E-state index contributed by atoms with van der Waals surface area (Å²) in [7, 11) is 0. The maximum Gasteiger partial charge on any atom is 0.243 e. The number of rotatable bonds is 4. The van der Waals surface area contributed by atoms with Gasteiger partial charge in [0.25, 0.3) is 0 Å². The Morgan fingerprint density at radius 1 is 1.41 bits per heavy atom. The number of hydrogen-bond acceptors (Lipinski definition) is 5. The molecular weight excluding hydrogens is 342 g/mol. The lowest BCUT2D eigenvalue weighted by Gasteiger charge is -2.31. The van der Waals surface area contributed by atoms with Crippen LogP contribution >= 0.6 is 0 Å². The van der Waals surface area contributed by atoms with E-state index in [1.54, 1.807) is 0 Å². The Balaban J connectivity index is 1.37. The van der Waals surface area contributed by atoms with Gasteiger partial charge in [-0.15, -0.1) is 0 Å².